The van der Waals surface area contributed by atoms with Crippen LogP contribution in [0.5, 0.6) is 5.75 Å². The monoisotopic (exact) mass is 327 g/mol. The van der Waals surface area contributed by atoms with Crippen LogP contribution in [0.2, 0.25) is 5.02 Å². The topological polar surface area (TPSA) is 107 Å². The first-order valence-electron chi connectivity index (χ1n) is 7.06. The first-order chi connectivity index (χ1) is 10.5. The highest BCUT2D eigenvalue weighted by Gasteiger charge is 2.28. The number of halogens is 1. The van der Waals surface area contributed by atoms with Crippen LogP contribution in [-0.4, -0.2) is 30.0 Å². The number of amides is 1. The van der Waals surface area contributed by atoms with E-state index in [0.717, 1.165) is 12.8 Å². The van der Waals surface area contributed by atoms with E-state index >= 15 is 0 Å². The molecule has 0 spiro atoms. The molecule has 1 aliphatic rings. The number of benzene rings is 1. The molecule has 1 aromatic rings. The molecule has 0 radical (unpaired) electrons. The maximum absolute atomic E-state index is 11.7. The van der Waals surface area contributed by atoms with Gasteiger partial charge in [-0.05, 0) is 30.9 Å². The van der Waals surface area contributed by atoms with Gasteiger partial charge in [0.2, 0.25) is 5.91 Å². The minimum Gasteiger partial charge on any atom is -0.486 e. The lowest BCUT2D eigenvalue weighted by atomic mass is 10.2. The third-order valence-corrected chi connectivity index (χ3v) is 3.70. The molecule has 120 valence electrons. The van der Waals surface area contributed by atoms with Crippen molar-refractivity contribution < 1.29 is 14.5 Å². The van der Waals surface area contributed by atoms with Crippen molar-refractivity contribution in [2.45, 2.75) is 25.3 Å². The molecule has 1 fully saturated rings. The number of carbonyl (C=O) groups is 1. The Morgan fingerprint density at radius 1 is 1.55 bits per heavy atom. The van der Waals surface area contributed by atoms with Crippen LogP contribution in [0.3, 0.4) is 0 Å². The zero-order valence-electron chi connectivity index (χ0n) is 12.0. The zero-order valence-corrected chi connectivity index (χ0v) is 12.7. The van der Waals surface area contributed by atoms with Gasteiger partial charge < -0.3 is 15.8 Å². The summed E-state index contributed by atoms with van der Waals surface area (Å²) >= 11 is 5.71. The average molecular weight is 328 g/mol. The summed E-state index contributed by atoms with van der Waals surface area (Å²) in [4.78, 5) is 22.0. The predicted octanol–water partition coefficient (Wildman–Crippen LogP) is 1.87. The maximum atomic E-state index is 11.7. The number of hydrogen-bond donors (Lipinski definition) is 2. The van der Waals surface area contributed by atoms with Gasteiger partial charge in [-0.15, -0.1) is 0 Å². The molecule has 8 heteroatoms. The Balaban J connectivity index is 1.75. The number of nitro groups is 1. The van der Waals surface area contributed by atoms with Crippen LogP contribution in [-0.2, 0) is 4.79 Å². The highest BCUT2D eigenvalue weighted by molar-refractivity contribution is 6.30. The third-order valence-electron chi connectivity index (χ3n) is 3.47. The van der Waals surface area contributed by atoms with E-state index in [4.69, 9.17) is 22.1 Å². The first-order valence-corrected chi connectivity index (χ1v) is 7.44. The number of nitrogens with two attached hydrogens (primary N) is 1. The molecule has 1 saturated carbocycles. The van der Waals surface area contributed by atoms with E-state index in [9.17, 15) is 14.9 Å². The lowest BCUT2D eigenvalue weighted by Crippen LogP contribution is -2.38. The molecule has 1 atom stereocenters. The molecule has 0 heterocycles. The van der Waals surface area contributed by atoms with Gasteiger partial charge in [0.05, 0.1) is 18.0 Å². The fourth-order valence-electron chi connectivity index (χ4n) is 2.02. The normalized spacial score (nSPS) is 15.2. The predicted molar refractivity (Wildman–Crippen MR) is 81.9 cm³/mol. The Bertz CT molecular complexity index is 563. The van der Waals surface area contributed by atoms with Gasteiger partial charge in [-0.1, -0.05) is 11.6 Å². The number of nitrogens with zero attached hydrogens (tertiary/aromatic N) is 1. The van der Waals surface area contributed by atoms with Crippen molar-refractivity contribution >= 4 is 23.2 Å². The van der Waals surface area contributed by atoms with Crippen molar-refractivity contribution in [1.29, 1.82) is 0 Å². The lowest BCUT2D eigenvalue weighted by molar-refractivity contribution is -0.385. The van der Waals surface area contributed by atoms with Crippen LogP contribution in [0.15, 0.2) is 18.2 Å². The van der Waals surface area contributed by atoms with Crippen LogP contribution < -0.4 is 15.8 Å². The summed E-state index contributed by atoms with van der Waals surface area (Å²) in [6, 6.07) is 4.13. The second-order valence-corrected chi connectivity index (χ2v) is 5.71. The molecule has 0 aromatic heterocycles. The third kappa shape index (κ3) is 4.85. The second kappa shape index (κ2) is 7.42. The molecule has 1 aromatic carbocycles. The average Bonchev–Trinajstić information content (AvgIpc) is 3.30. The van der Waals surface area contributed by atoms with Gasteiger partial charge in [0.25, 0.3) is 0 Å². The van der Waals surface area contributed by atoms with E-state index in [1.807, 2.05) is 0 Å². The fraction of sp³-hybridized carbons (Fsp3) is 0.500. The minimum atomic E-state index is -0.573. The van der Waals surface area contributed by atoms with E-state index < -0.39 is 4.92 Å². The number of nitrogens with one attached hydrogen (secondary N) is 1. The van der Waals surface area contributed by atoms with Gasteiger partial charge in [-0.3, -0.25) is 14.9 Å². The van der Waals surface area contributed by atoms with Crippen molar-refractivity contribution in [3.05, 3.63) is 33.3 Å². The number of rotatable bonds is 8. The number of ether oxygens (including phenoxy) is 1. The highest BCUT2D eigenvalue weighted by Crippen LogP contribution is 2.31. The number of hydrogen-bond acceptors (Lipinski definition) is 5. The molecule has 1 unspecified atom stereocenters. The summed E-state index contributed by atoms with van der Waals surface area (Å²) in [5.74, 6) is 0.429. The molecule has 0 aliphatic heterocycles. The quantitative estimate of drug-likeness (QED) is 0.560. The van der Waals surface area contributed by atoms with Gasteiger partial charge in [-0.2, -0.15) is 0 Å². The Labute approximate surface area is 132 Å². The molecule has 1 amide bonds. The van der Waals surface area contributed by atoms with Gasteiger partial charge in [-0.25, -0.2) is 0 Å². The minimum absolute atomic E-state index is 0.00206. The molecule has 0 saturated heterocycles. The largest absolute Gasteiger partial charge is 0.486 e. The Morgan fingerprint density at radius 2 is 2.27 bits per heavy atom. The van der Waals surface area contributed by atoms with Crippen LogP contribution in [0.25, 0.3) is 0 Å². The molecule has 7 nitrogen and oxygen atoms in total. The van der Waals surface area contributed by atoms with Gasteiger partial charge in [0, 0.05) is 23.7 Å². The number of nitro benzene ring substituents is 1. The van der Waals surface area contributed by atoms with Crippen LogP contribution in [0, 0.1) is 16.0 Å². The summed E-state index contributed by atoms with van der Waals surface area (Å²) in [6.45, 7) is 0.498. The van der Waals surface area contributed by atoms with Crippen molar-refractivity contribution in [1.82, 2.24) is 5.32 Å². The van der Waals surface area contributed by atoms with E-state index in [1.54, 1.807) is 0 Å². The molecule has 22 heavy (non-hydrogen) atoms. The van der Waals surface area contributed by atoms with Gasteiger partial charge in [0.1, 0.15) is 0 Å². The van der Waals surface area contributed by atoms with Crippen LogP contribution in [0.4, 0.5) is 5.69 Å². The summed E-state index contributed by atoms with van der Waals surface area (Å²) in [6.07, 6.45) is 2.36. The summed E-state index contributed by atoms with van der Waals surface area (Å²) in [5.41, 5.74) is 5.66. The summed E-state index contributed by atoms with van der Waals surface area (Å²) in [7, 11) is 0. The van der Waals surface area contributed by atoms with Crippen molar-refractivity contribution in [2.75, 3.05) is 13.2 Å². The maximum Gasteiger partial charge on any atom is 0.312 e. The smallest absolute Gasteiger partial charge is 0.312 e. The van der Waals surface area contributed by atoms with Crippen molar-refractivity contribution in [3.8, 4) is 5.75 Å². The summed E-state index contributed by atoms with van der Waals surface area (Å²) < 4.78 is 5.30. The molecular weight excluding hydrogens is 310 g/mol. The van der Waals surface area contributed by atoms with E-state index in [0.29, 0.717) is 12.5 Å². The SMILES string of the molecule is NC(CNC(=O)CCOc1ccc(Cl)cc1[N+](=O)[O-])C1CC1. The second-order valence-electron chi connectivity index (χ2n) is 5.27. The Kier molecular flexibility index (Phi) is 5.57. The Morgan fingerprint density at radius 3 is 2.91 bits per heavy atom. The lowest BCUT2D eigenvalue weighted by Gasteiger charge is -2.12. The fourth-order valence-corrected chi connectivity index (χ4v) is 2.19. The van der Waals surface area contributed by atoms with Crippen LogP contribution >= 0.6 is 11.6 Å². The van der Waals surface area contributed by atoms with Gasteiger partial charge >= 0.3 is 5.69 Å². The standard InChI is InChI=1S/C14H18ClN3O4/c15-10-3-4-13(12(7-10)18(20)21)22-6-5-14(19)17-8-11(16)9-1-2-9/h3-4,7,9,11H,1-2,5-6,8,16H2,(H,17,19). The highest BCUT2D eigenvalue weighted by atomic mass is 35.5. The number of carbonyl (C=O) groups excluding carboxylic acids is 1. The van der Waals surface area contributed by atoms with E-state index in [-0.39, 0.29) is 41.4 Å². The zero-order chi connectivity index (χ0) is 16.1. The molecule has 2 rings (SSSR count). The molecular formula is C14H18ClN3O4. The van der Waals surface area contributed by atoms with Crippen molar-refractivity contribution in [2.24, 2.45) is 11.7 Å². The molecule has 0 bridgehead atoms. The van der Waals surface area contributed by atoms with E-state index in [1.165, 1.54) is 18.2 Å². The van der Waals surface area contributed by atoms with Gasteiger partial charge in [0.15, 0.2) is 5.75 Å². The first kappa shape index (κ1) is 16.5. The summed E-state index contributed by atoms with van der Waals surface area (Å²) in [5, 5.41) is 13.9. The Hall–Kier alpha value is -1.86. The molecule has 1 aliphatic carbocycles. The van der Waals surface area contributed by atoms with Crippen LogP contribution in [0.1, 0.15) is 19.3 Å². The van der Waals surface area contributed by atoms with E-state index in [2.05, 4.69) is 5.32 Å². The molecule has 3 N–H and O–H groups in total. The van der Waals surface area contributed by atoms with Crippen molar-refractivity contribution in [3.63, 3.8) is 0 Å².